The van der Waals surface area contributed by atoms with E-state index in [0.29, 0.717) is 43.6 Å². The molecule has 1 amide bonds. The Labute approximate surface area is 151 Å². The van der Waals surface area contributed by atoms with E-state index in [0.717, 1.165) is 11.3 Å². The number of benzene rings is 1. The van der Waals surface area contributed by atoms with Gasteiger partial charge in [-0.25, -0.2) is 4.68 Å². The molecule has 136 valence electrons. The van der Waals surface area contributed by atoms with E-state index in [1.54, 1.807) is 16.8 Å². The van der Waals surface area contributed by atoms with Gasteiger partial charge in [0.15, 0.2) is 0 Å². The Balaban J connectivity index is 1.80. The fraction of sp³-hybridized carbons (Fsp3) is 0.389. The van der Waals surface area contributed by atoms with Gasteiger partial charge in [-0.3, -0.25) is 4.79 Å². The number of aryl methyl sites for hydroxylation is 1. The first-order valence-corrected chi connectivity index (χ1v) is 8.61. The first-order chi connectivity index (χ1) is 12.5. The highest BCUT2D eigenvalue weighted by Gasteiger charge is 2.36. The van der Waals surface area contributed by atoms with Crippen molar-refractivity contribution in [3.8, 4) is 5.75 Å². The maximum absolute atomic E-state index is 13.3. The molecule has 3 heterocycles. The molecule has 1 fully saturated rings. The molecule has 1 aromatic heterocycles. The number of carbonyl (C=O) groups excluding carboxylic acids is 1. The van der Waals surface area contributed by atoms with E-state index in [1.807, 2.05) is 30.9 Å². The Morgan fingerprint density at radius 2 is 1.92 bits per heavy atom. The van der Waals surface area contributed by atoms with Crippen LogP contribution < -0.4 is 5.32 Å². The maximum Gasteiger partial charge on any atom is 0.254 e. The molecular formula is C18H21N5O3. The molecule has 0 radical (unpaired) electrons. The molecule has 4 rings (SSSR count). The Hall–Kier alpha value is -2.87. The average Bonchev–Trinajstić information content (AvgIpc) is 3.01. The lowest BCUT2D eigenvalue weighted by Crippen LogP contribution is -2.44. The number of phenolic OH excluding ortho intramolecular Hbond substituents is 1. The third kappa shape index (κ3) is 2.82. The molecule has 1 atom stereocenters. The highest BCUT2D eigenvalue weighted by Crippen LogP contribution is 2.36. The number of ether oxygens (including phenoxy) is 1. The summed E-state index contributed by atoms with van der Waals surface area (Å²) in [4.78, 5) is 19.5. The van der Waals surface area contributed by atoms with Crippen molar-refractivity contribution < 1.29 is 14.6 Å². The van der Waals surface area contributed by atoms with E-state index in [1.165, 1.54) is 0 Å². The smallest absolute Gasteiger partial charge is 0.254 e. The van der Waals surface area contributed by atoms with Gasteiger partial charge in [-0.15, -0.1) is 0 Å². The predicted molar refractivity (Wildman–Crippen MR) is 94.7 cm³/mol. The molecule has 2 aliphatic rings. The molecule has 2 aliphatic heterocycles. The molecule has 0 unspecified atom stereocenters. The summed E-state index contributed by atoms with van der Waals surface area (Å²) in [7, 11) is 0. The number of anilines is 1. The number of hydrogen-bond acceptors (Lipinski definition) is 6. The normalized spacial score (nSPS) is 19.9. The van der Waals surface area contributed by atoms with Crippen molar-refractivity contribution in [2.24, 2.45) is 0 Å². The Morgan fingerprint density at radius 1 is 1.23 bits per heavy atom. The summed E-state index contributed by atoms with van der Waals surface area (Å²) in [6.45, 7) is 5.93. The van der Waals surface area contributed by atoms with Crippen molar-refractivity contribution in [3.05, 3.63) is 46.9 Å². The minimum Gasteiger partial charge on any atom is -0.508 e. The summed E-state index contributed by atoms with van der Waals surface area (Å²) < 4.78 is 7.11. The number of nitrogens with zero attached hydrogens (tertiary/aromatic N) is 4. The summed E-state index contributed by atoms with van der Waals surface area (Å²) in [5.74, 6) is 1.38. The number of nitrogens with one attached hydrogen (secondary N) is 1. The molecular weight excluding hydrogens is 334 g/mol. The molecule has 0 saturated carbocycles. The fourth-order valence-corrected chi connectivity index (χ4v) is 3.44. The van der Waals surface area contributed by atoms with Gasteiger partial charge in [0.25, 0.3) is 5.91 Å². The van der Waals surface area contributed by atoms with E-state index in [-0.39, 0.29) is 11.7 Å². The lowest BCUT2D eigenvalue weighted by atomic mass is 9.94. The van der Waals surface area contributed by atoms with Gasteiger partial charge in [0.2, 0.25) is 5.95 Å². The van der Waals surface area contributed by atoms with Crippen LogP contribution in [0.2, 0.25) is 0 Å². The SMILES string of the molecule is CC1=C(C(=O)N2CCOCC2)[C@@H](c2ccc(O)cc2)n2nc(C)nc2N1. The maximum atomic E-state index is 13.3. The van der Waals surface area contributed by atoms with Crippen molar-refractivity contribution in [3.63, 3.8) is 0 Å². The average molecular weight is 355 g/mol. The van der Waals surface area contributed by atoms with E-state index < -0.39 is 6.04 Å². The monoisotopic (exact) mass is 355 g/mol. The van der Waals surface area contributed by atoms with E-state index in [4.69, 9.17) is 4.74 Å². The Bertz CT molecular complexity index is 865. The molecule has 0 bridgehead atoms. The Kier molecular flexibility index (Phi) is 4.12. The molecule has 2 aromatic rings. The van der Waals surface area contributed by atoms with Crippen molar-refractivity contribution in [1.29, 1.82) is 0 Å². The van der Waals surface area contributed by atoms with Crippen LogP contribution in [0.5, 0.6) is 5.75 Å². The first kappa shape index (κ1) is 16.6. The van der Waals surface area contributed by atoms with Gasteiger partial charge in [-0.2, -0.15) is 10.1 Å². The second-order valence-corrected chi connectivity index (χ2v) is 6.49. The molecule has 26 heavy (non-hydrogen) atoms. The van der Waals surface area contributed by atoms with Crippen LogP contribution in [0.4, 0.5) is 5.95 Å². The van der Waals surface area contributed by atoms with Crippen molar-refractivity contribution in [1.82, 2.24) is 19.7 Å². The number of morpholine rings is 1. The fourth-order valence-electron chi connectivity index (χ4n) is 3.44. The number of carbonyl (C=O) groups is 1. The van der Waals surface area contributed by atoms with E-state index in [2.05, 4.69) is 15.4 Å². The van der Waals surface area contributed by atoms with Crippen LogP contribution in [0.15, 0.2) is 35.5 Å². The summed E-state index contributed by atoms with van der Waals surface area (Å²) in [6, 6.07) is 6.46. The van der Waals surface area contributed by atoms with Gasteiger partial charge >= 0.3 is 0 Å². The van der Waals surface area contributed by atoms with Crippen molar-refractivity contribution in [2.45, 2.75) is 19.9 Å². The number of phenols is 1. The third-order valence-corrected chi connectivity index (χ3v) is 4.70. The standard InChI is InChI=1S/C18H21N5O3/c1-11-15(17(25)22-7-9-26-10-8-22)16(13-3-5-14(24)6-4-13)23-18(19-11)20-12(2)21-23/h3-6,16,24H,7-10H2,1-2H3,(H,19,20,21)/t16-/m1/s1. The molecule has 0 aliphatic carbocycles. The number of fused-ring (bicyclic) bond motifs is 1. The lowest BCUT2D eigenvalue weighted by molar-refractivity contribution is -0.131. The largest absolute Gasteiger partial charge is 0.508 e. The van der Waals surface area contributed by atoms with Gasteiger partial charge in [0, 0.05) is 18.8 Å². The number of allylic oxidation sites excluding steroid dienone is 1. The summed E-state index contributed by atoms with van der Waals surface area (Å²) in [5, 5.41) is 17.3. The third-order valence-electron chi connectivity index (χ3n) is 4.70. The van der Waals surface area contributed by atoms with Crippen LogP contribution >= 0.6 is 0 Å². The Morgan fingerprint density at radius 3 is 2.62 bits per heavy atom. The van der Waals surface area contributed by atoms with Crippen LogP contribution in [0.25, 0.3) is 0 Å². The van der Waals surface area contributed by atoms with Gasteiger partial charge in [0.1, 0.15) is 17.6 Å². The molecule has 0 spiro atoms. The second kappa shape index (κ2) is 6.45. The second-order valence-electron chi connectivity index (χ2n) is 6.49. The van der Waals surface area contributed by atoms with Gasteiger partial charge in [0.05, 0.1) is 18.8 Å². The first-order valence-electron chi connectivity index (χ1n) is 8.61. The zero-order valence-corrected chi connectivity index (χ0v) is 14.8. The number of amides is 1. The molecule has 8 nitrogen and oxygen atoms in total. The van der Waals surface area contributed by atoms with Crippen LogP contribution in [-0.2, 0) is 9.53 Å². The lowest BCUT2D eigenvalue weighted by Gasteiger charge is -2.33. The van der Waals surface area contributed by atoms with Gasteiger partial charge in [-0.1, -0.05) is 12.1 Å². The predicted octanol–water partition coefficient (Wildman–Crippen LogP) is 1.44. The van der Waals surface area contributed by atoms with Crippen LogP contribution in [0.1, 0.15) is 24.4 Å². The van der Waals surface area contributed by atoms with Crippen molar-refractivity contribution >= 4 is 11.9 Å². The molecule has 8 heteroatoms. The molecule has 1 aromatic carbocycles. The van der Waals surface area contributed by atoms with Gasteiger partial charge in [-0.05, 0) is 31.5 Å². The highest BCUT2D eigenvalue weighted by molar-refractivity contribution is 5.96. The zero-order chi connectivity index (χ0) is 18.3. The van der Waals surface area contributed by atoms with E-state index in [9.17, 15) is 9.90 Å². The molecule has 1 saturated heterocycles. The van der Waals surface area contributed by atoms with Gasteiger partial charge < -0.3 is 20.1 Å². The summed E-state index contributed by atoms with van der Waals surface area (Å²) in [6.07, 6.45) is 0. The van der Waals surface area contributed by atoms with Crippen LogP contribution in [0, 0.1) is 6.92 Å². The number of hydrogen-bond donors (Lipinski definition) is 2. The number of aromatic nitrogens is 3. The molecule has 2 N–H and O–H groups in total. The minimum absolute atomic E-state index is 0.0322. The summed E-state index contributed by atoms with van der Waals surface area (Å²) in [5.41, 5.74) is 2.26. The van der Waals surface area contributed by atoms with Crippen LogP contribution in [0.3, 0.4) is 0 Å². The summed E-state index contributed by atoms with van der Waals surface area (Å²) >= 11 is 0. The number of aromatic hydroxyl groups is 1. The highest BCUT2D eigenvalue weighted by atomic mass is 16.5. The minimum atomic E-state index is -0.400. The van der Waals surface area contributed by atoms with Crippen LogP contribution in [-0.4, -0.2) is 57.0 Å². The quantitative estimate of drug-likeness (QED) is 0.847. The number of rotatable bonds is 2. The zero-order valence-electron chi connectivity index (χ0n) is 14.8. The topological polar surface area (TPSA) is 92.5 Å². The van der Waals surface area contributed by atoms with Crippen molar-refractivity contribution in [2.75, 3.05) is 31.6 Å². The van der Waals surface area contributed by atoms with E-state index >= 15 is 0 Å².